The Morgan fingerprint density at radius 2 is 1.87 bits per heavy atom. The summed E-state index contributed by atoms with van der Waals surface area (Å²) in [5, 5.41) is 0. The Hall–Kier alpha value is -3.16. The Morgan fingerprint density at radius 3 is 2.50 bits per heavy atom. The number of hydrogen-bond acceptors (Lipinski definition) is 6. The first kappa shape index (κ1) is 18.8. The fourth-order valence-corrected chi connectivity index (χ4v) is 4.12. The molecule has 0 aromatic carbocycles. The number of piperazine rings is 1. The Kier molecular flexibility index (Phi) is 4.77. The van der Waals surface area contributed by atoms with Gasteiger partial charge in [-0.1, -0.05) is 6.07 Å². The van der Waals surface area contributed by atoms with Crippen LogP contribution in [0.25, 0.3) is 0 Å². The van der Waals surface area contributed by atoms with Crippen LogP contribution in [0.15, 0.2) is 30.6 Å². The number of carbonyl (C=O) groups excluding carboxylic acids is 2. The lowest BCUT2D eigenvalue weighted by Gasteiger charge is -2.36. The number of ether oxygens (including phenoxy) is 1. The van der Waals surface area contributed by atoms with Gasteiger partial charge >= 0.3 is 6.09 Å². The van der Waals surface area contributed by atoms with E-state index in [1.54, 1.807) is 18.3 Å². The molecular weight excluding hydrogens is 382 g/mol. The van der Waals surface area contributed by atoms with E-state index in [9.17, 15) is 9.59 Å². The highest BCUT2D eigenvalue weighted by molar-refractivity contribution is 5.95. The molecule has 2 aromatic heterocycles. The van der Waals surface area contributed by atoms with Crippen LogP contribution < -0.4 is 9.80 Å². The van der Waals surface area contributed by atoms with Crippen molar-refractivity contribution in [1.82, 2.24) is 14.9 Å². The molecule has 8 heteroatoms. The van der Waals surface area contributed by atoms with E-state index < -0.39 is 6.09 Å². The van der Waals surface area contributed by atoms with Crippen LogP contribution in [0.4, 0.5) is 16.4 Å². The highest BCUT2D eigenvalue weighted by atomic mass is 16.6. The molecule has 30 heavy (non-hydrogen) atoms. The molecule has 0 unspecified atom stereocenters. The normalized spacial score (nSPS) is 19.2. The number of anilines is 2. The molecule has 3 aliphatic rings. The molecule has 156 valence electrons. The lowest BCUT2D eigenvalue weighted by atomic mass is 10.1. The van der Waals surface area contributed by atoms with E-state index in [4.69, 9.17) is 9.72 Å². The van der Waals surface area contributed by atoms with E-state index in [0.717, 1.165) is 18.9 Å². The summed E-state index contributed by atoms with van der Waals surface area (Å²) in [5.74, 6) is 2.21. The van der Waals surface area contributed by atoms with Gasteiger partial charge in [0, 0.05) is 38.6 Å². The van der Waals surface area contributed by atoms with Gasteiger partial charge < -0.3 is 14.5 Å². The summed E-state index contributed by atoms with van der Waals surface area (Å²) < 4.78 is 4.93. The minimum absolute atomic E-state index is 0.0306. The van der Waals surface area contributed by atoms with E-state index >= 15 is 0 Å². The Balaban J connectivity index is 1.24. The van der Waals surface area contributed by atoms with E-state index in [2.05, 4.69) is 22.9 Å². The fourth-order valence-electron chi connectivity index (χ4n) is 4.12. The van der Waals surface area contributed by atoms with Crippen molar-refractivity contribution in [3.63, 3.8) is 0 Å². The van der Waals surface area contributed by atoms with Gasteiger partial charge in [0.15, 0.2) is 0 Å². The molecule has 2 aromatic rings. The van der Waals surface area contributed by atoms with Crippen molar-refractivity contribution in [1.29, 1.82) is 0 Å². The van der Waals surface area contributed by atoms with Gasteiger partial charge in [-0.05, 0) is 48.9 Å². The van der Waals surface area contributed by atoms with Gasteiger partial charge in [-0.25, -0.2) is 14.8 Å². The van der Waals surface area contributed by atoms with Crippen LogP contribution in [0.3, 0.4) is 0 Å². The van der Waals surface area contributed by atoms with E-state index in [0.29, 0.717) is 43.5 Å². The summed E-state index contributed by atoms with van der Waals surface area (Å²) in [6.45, 7) is 5.78. The van der Waals surface area contributed by atoms with Crippen molar-refractivity contribution in [2.75, 3.05) is 49.1 Å². The van der Waals surface area contributed by atoms with Gasteiger partial charge in [-0.15, -0.1) is 0 Å². The topological polar surface area (TPSA) is 78.9 Å². The van der Waals surface area contributed by atoms with Crippen LogP contribution in [0.2, 0.25) is 0 Å². The van der Waals surface area contributed by atoms with Gasteiger partial charge in [0.05, 0.1) is 12.1 Å². The standard InChI is InChI=1S/C22H25N5O3/c1-15-12-18(16-2-3-16)20(24-13-15)25-6-8-26(9-7-25)21(28)17-4-5-19(23-14-17)27-10-11-30-22(27)29/h4-5,12-14,16H,2-3,6-11H2,1H3. The third-order valence-corrected chi connectivity index (χ3v) is 5.95. The highest BCUT2D eigenvalue weighted by Crippen LogP contribution is 2.44. The average molecular weight is 407 g/mol. The second kappa shape index (κ2) is 7.59. The Morgan fingerprint density at radius 1 is 1.07 bits per heavy atom. The number of carbonyl (C=O) groups is 2. The van der Waals surface area contributed by atoms with Gasteiger partial charge in [0.25, 0.3) is 5.91 Å². The second-order valence-electron chi connectivity index (χ2n) is 8.15. The monoisotopic (exact) mass is 407 g/mol. The molecule has 5 rings (SSSR count). The summed E-state index contributed by atoms with van der Waals surface area (Å²) in [7, 11) is 0. The van der Waals surface area contributed by atoms with Crippen LogP contribution >= 0.6 is 0 Å². The summed E-state index contributed by atoms with van der Waals surface area (Å²) in [5.41, 5.74) is 3.09. The van der Waals surface area contributed by atoms with Crippen molar-refractivity contribution < 1.29 is 14.3 Å². The lowest BCUT2D eigenvalue weighted by Crippen LogP contribution is -2.49. The molecule has 0 spiro atoms. The highest BCUT2D eigenvalue weighted by Gasteiger charge is 2.31. The zero-order valence-electron chi connectivity index (χ0n) is 17.1. The quantitative estimate of drug-likeness (QED) is 0.775. The first-order valence-electron chi connectivity index (χ1n) is 10.5. The molecule has 0 radical (unpaired) electrons. The molecular formula is C22H25N5O3. The van der Waals surface area contributed by atoms with Gasteiger partial charge in [-0.2, -0.15) is 0 Å². The molecule has 2 aliphatic heterocycles. The Bertz CT molecular complexity index is 965. The van der Waals surface area contributed by atoms with Crippen LogP contribution in [0.1, 0.15) is 40.2 Å². The van der Waals surface area contributed by atoms with Crippen LogP contribution in [0.5, 0.6) is 0 Å². The maximum atomic E-state index is 12.9. The molecule has 0 N–H and O–H groups in total. The largest absolute Gasteiger partial charge is 0.447 e. The number of nitrogens with zero attached hydrogens (tertiary/aromatic N) is 5. The second-order valence-corrected chi connectivity index (χ2v) is 8.15. The first-order valence-corrected chi connectivity index (χ1v) is 10.5. The molecule has 8 nitrogen and oxygen atoms in total. The van der Waals surface area contributed by atoms with E-state index in [1.807, 2.05) is 11.1 Å². The molecule has 1 saturated carbocycles. The van der Waals surface area contributed by atoms with Crippen LogP contribution in [0, 0.1) is 6.92 Å². The average Bonchev–Trinajstić information content (AvgIpc) is 3.54. The van der Waals surface area contributed by atoms with E-state index in [-0.39, 0.29) is 5.91 Å². The molecule has 4 heterocycles. The molecule has 3 fully saturated rings. The predicted molar refractivity (Wildman–Crippen MR) is 112 cm³/mol. The van der Waals surface area contributed by atoms with Gasteiger partial charge in [0.1, 0.15) is 18.2 Å². The molecule has 2 amide bonds. The number of aryl methyl sites for hydroxylation is 1. The summed E-state index contributed by atoms with van der Waals surface area (Å²) in [4.78, 5) is 39.2. The van der Waals surface area contributed by atoms with Crippen molar-refractivity contribution in [3.8, 4) is 0 Å². The van der Waals surface area contributed by atoms with Crippen LogP contribution in [-0.2, 0) is 4.74 Å². The number of pyridine rings is 2. The van der Waals surface area contributed by atoms with Crippen molar-refractivity contribution >= 4 is 23.6 Å². The van der Waals surface area contributed by atoms with Crippen molar-refractivity contribution in [2.24, 2.45) is 0 Å². The lowest BCUT2D eigenvalue weighted by molar-refractivity contribution is 0.0746. The predicted octanol–water partition coefficient (Wildman–Crippen LogP) is 2.58. The SMILES string of the molecule is Cc1cnc(N2CCN(C(=O)c3ccc(N4CCOC4=O)nc3)CC2)c(C2CC2)c1. The number of amides is 2. The molecule has 0 atom stereocenters. The zero-order valence-corrected chi connectivity index (χ0v) is 17.1. The van der Waals surface area contributed by atoms with Gasteiger partial charge in [0.2, 0.25) is 0 Å². The zero-order chi connectivity index (χ0) is 20.7. The molecule has 0 bridgehead atoms. The van der Waals surface area contributed by atoms with Crippen molar-refractivity contribution in [2.45, 2.75) is 25.7 Å². The third-order valence-electron chi connectivity index (χ3n) is 5.95. The molecule has 1 aliphatic carbocycles. The maximum absolute atomic E-state index is 12.9. The number of cyclic esters (lactones) is 1. The number of aromatic nitrogens is 2. The fraction of sp³-hybridized carbons (Fsp3) is 0.455. The summed E-state index contributed by atoms with van der Waals surface area (Å²) in [6.07, 6.45) is 5.57. The number of rotatable bonds is 4. The minimum Gasteiger partial charge on any atom is -0.447 e. The number of hydrogen-bond donors (Lipinski definition) is 0. The summed E-state index contributed by atoms with van der Waals surface area (Å²) in [6, 6.07) is 5.70. The van der Waals surface area contributed by atoms with E-state index in [1.165, 1.54) is 28.9 Å². The molecule has 2 saturated heterocycles. The van der Waals surface area contributed by atoms with Crippen molar-refractivity contribution in [3.05, 3.63) is 47.3 Å². The van der Waals surface area contributed by atoms with Gasteiger partial charge in [-0.3, -0.25) is 9.69 Å². The first-order chi connectivity index (χ1) is 14.6. The minimum atomic E-state index is -0.395. The van der Waals surface area contributed by atoms with Crippen LogP contribution in [-0.4, -0.2) is 66.2 Å². The smallest absolute Gasteiger partial charge is 0.415 e. The summed E-state index contributed by atoms with van der Waals surface area (Å²) >= 11 is 0. The maximum Gasteiger partial charge on any atom is 0.415 e. The Labute approximate surface area is 175 Å². The third kappa shape index (κ3) is 3.58.